The number of hydrogen-bond donors (Lipinski definition) is 0. The highest BCUT2D eigenvalue weighted by molar-refractivity contribution is 6.95. The van der Waals surface area contributed by atoms with Gasteiger partial charge in [-0.2, -0.15) is 0 Å². The molecule has 0 N–H and O–H groups in total. The Hall–Kier alpha value is -13.4. The molecule has 0 spiro atoms. The van der Waals surface area contributed by atoms with E-state index in [1.807, 2.05) is 0 Å². The van der Waals surface area contributed by atoms with Crippen LogP contribution in [0.3, 0.4) is 0 Å². The molecule has 10 nitrogen and oxygen atoms in total. The van der Waals surface area contributed by atoms with Crippen molar-refractivity contribution in [3.05, 3.63) is 334 Å². The molecule has 105 heavy (non-hydrogen) atoms. The molecule has 0 saturated carbocycles. The summed E-state index contributed by atoms with van der Waals surface area (Å²) in [6.45, 7) is -1.71. The fourth-order valence-electron chi connectivity index (χ4n) is 20.2. The third-order valence-electron chi connectivity index (χ3n) is 23.8. The molecule has 0 saturated heterocycles. The van der Waals surface area contributed by atoms with E-state index in [1.165, 1.54) is 44.1 Å². The second-order valence-corrected chi connectivity index (χ2v) is 28.7. The Morgan fingerprint density at radius 1 is 0.171 bits per heavy atom. The zero-order chi connectivity index (χ0) is 68.0. The number of hydrogen-bond acceptors (Lipinski definition) is 10. The molecule has 10 heterocycles. The maximum absolute atomic E-state index is 8.57. The molecule has 15 heteroatoms. The van der Waals surface area contributed by atoms with E-state index in [0.717, 1.165) is 152 Å². The van der Waals surface area contributed by atoms with E-state index in [9.17, 15) is 0 Å². The summed E-state index contributed by atoms with van der Waals surface area (Å²) in [6.07, 6.45) is 0. The lowest BCUT2D eigenvalue weighted by atomic mass is 9.43. The van der Waals surface area contributed by atoms with E-state index in [1.54, 1.807) is 0 Å². The fraction of sp³-hybridized carbons (Fsp3) is 0. The van der Waals surface area contributed by atoms with E-state index in [0.29, 0.717) is 0 Å². The lowest BCUT2D eigenvalue weighted by Crippen LogP contribution is -2.70. The molecule has 0 radical (unpaired) electrons. The number of benzene rings is 15. The first-order valence-corrected chi connectivity index (χ1v) is 36.5. The van der Waals surface area contributed by atoms with Crippen LogP contribution in [0.1, 0.15) is 0 Å². The second-order valence-electron chi connectivity index (χ2n) is 28.7. The predicted molar refractivity (Wildman–Crippen MR) is 436 cm³/mol. The summed E-state index contributed by atoms with van der Waals surface area (Å²) in [5, 5.41) is 0. The standard InChI is InChI=1S/C90H55B5N8O2/c1-9-31-56(32-10-1)96-66-49-27-25-47-64(66)74-84-80-76-68(98(91(84)96)58-35-13-3-14-36-58)51-29-53-70(76)100(60-39-17-5-18-40-60)93-86(80)82-78-72(102(93)62-43-21-7-22-44-62)55-73-79-83-87-81-77-69(52-30-54-71(77)101(61-41-19-6-20-42-61)94(87)103(73)63-45-23-8-24-46-63)99(59-37-15-4-16-38-59)92-85(81)75(90(83)105-95(88(78)79)104-89(74)82)65-48-26-28-50-67(65)97(92)57-33-11-2-12-34-57/h1-55H. The number of fused-ring (bicyclic) bond motifs is 6. The Morgan fingerprint density at radius 2 is 0.400 bits per heavy atom. The number of rotatable bonds is 8. The summed E-state index contributed by atoms with van der Waals surface area (Å²) in [7, 11) is -0.952. The number of para-hydroxylation sites is 10. The van der Waals surface area contributed by atoms with Gasteiger partial charge in [-0.05, 0) is 173 Å². The topological polar surface area (TPSA) is 44.4 Å². The second kappa shape index (κ2) is 20.7. The van der Waals surface area contributed by atoms with Gasteiger partial charge in [-0.25, -0.2) is 0 Å². The molecule has 0 atom stereocenters. The minimum atomic E-state index is -0.952. The maximum atomic E-state index is 8.57. The lowest BCUT2D eigenvalue weighted by Gasteiger charge is -2.57. The Labute approximate surface area is 609 Å². The van der Waals surface area contributed by atoms with Gasteiger partial charge in [-0.15, -0.1) is 0 Å². The van der Waals surface area contributed by atoms with E-state index in [-0.39, 0.29) is 0 Å². The summed E-state index contributed by atoms with van der Waals surface area (Å²) >= 11 is 0. The average molecular weight is 1330 g/mol. The molecule has 25 rings (SSSR count). The summed E-state index contributed by atoms with van der Waals surface area (Å²) in [4.78, 5) is 21.1. The minimum absolute atomic E-state index is 0.398. The van der Waals surface area contributed by atoms with Crippen LogP contribution >= 0.6 is 0 Å². The predicted octanol–water partition coefficient (Wildman–Crippen LogP) is 18.2. The Bertz CT molecular complexity index is 5900. The molecule has 0 fully saturated rings. The smallest absolute Gasteiger partial charge is 0.521 e. The van der Waals surface area contributed by atoms with Gasteiger partial charge < -0.3 is 47.8 Å². The Kier molecular flexibility index (Phi) is 11.1. The van der Waals surface area contributed by atoms with Crippen molar-refractivity contribution in [3.63, 3.8) is 0 Å². The molecule has 482 valence electrons. The molecule has 0 unspecified atom stereocenters. The van der Waals surface area contributed by atoms with Crippen LogP contribution in [0.25, 0.3) is 66.8 Å². The molecular formula is C90H55B5N8O2. The molecule has 0 aliphatic carbocycles. The zero-order valence-corrected chi connectivity index (χ0v) is 56.5. The molecule has 15 aromatic carbocycles. The van der Waals surface area contributed by atoms with Crippen LogP contribution in [0.2, 0.25) is 0 Å². The Morgan fingerprint density at radius 3 is 0.686 bits per heavy atom. The maximum Gasteiger partial charge on any atom is 0.634 e. The van der Waals surface area contributed by atoms with Crippen LogP contribution in [0.4, 0.5) is 91.0 Å². The van der Waals surface area contributed by atoms with Gasteiger partial charge in [0.2, 0.25) is 0 Å². The normalized spacial score (nSPS) is 15.0. The minimum Gasteiger partial charge on any atom is -0.521 e. The van der Waals surface area contributed by atoms with E-state index in [2.05, 4.69) is 372 Å². The van der Waals surface area contributed by atoms with Gasteiger partial charge in [0.05, 0.1) is 0 Å². The molecular weight excluding hydrogens is 1280 g/mol. The highest BCUT2D eigenvalue weighted by Gasteiger charge is 2.64. The van der Waals surface area contributed by atoms with Crippen LogP contribution < -0.4 is 75.1 Å². The van der Waals surface area contributed by atoms with Crippen molar-refractivity contribution in [1.29, 1.82) is 0 Å². The fourth-order valence-corrected chi connectivity index (χ4v) is 20.2. The highest BCUT2D eigenvalue weighted by atomic mass is 16.6. The summed E-state index contributed by atoms with van der Waals surface area (Å²) in [6, 6.07) is 124. The SMILES string of the molecule is c1ccc(N2B3c4c(c5c6c7c4-c4c(cccc4N(c4ccccc4)B7N(c4ccccc4)c4cc7c8c(c4-6)B(O5)Oc4c5c6c9c(c4-8)B(N(c4ccccc4)c4cccc(c4-9)N(c4ccccc4)B6N(c4ccccc4)c4ccccc4-5)N7c4ccccc4)N3c3ccccc3)-c3ccccc32)cc1. The first-order valence-electron chi connectivity index (χ1n) is 36.5. The van der Waals surface area contributed by atoms with Crippen molar-refractivity contribution in [2.75, 3.05) is 38.5 Å². The van der Waals surface area contributed by atoms with Crippen LogP contribution in [-0.4, -0.2) is 35.0 Å². The number of anilines is 16. The number of nitrogens with zero attached hydrogens (tertiary/aromatic N) is 8. The van der Waals surface area contributed by atoms with Gasteiger partial charge >= 0.3 is 35.0 Å². The molecule has 10 aliphatic rings. The van der Waals surface area contributed by atoms with Gasteiger partial charge in [0, 0.05) is 152 Å². The first kappa shape index (κ1) is 56.3. The van der Waals surface area contributed by atoms with Gasteiger partial charge in [-0.1, -0.05) is 194 Å². The molecule has 0 bridgehead atoms. The van der Waals surface area contributed by atoms with E-state index >= 15 is 0 Å². The molecule has 0 amide bonds. The monoisotopic (exact) mass is 1330 g/mol. The van der Waals surface area contributed by atoms with Gasteiger partial charge in [-0.3, -0.25) is 0 Å². The van der Waals surface area contributed by atoms with Gasteiger partial charge in [0.1, 0.15) is 11.5 Å². The lowest BCUT2D eigenvalue weighted by molar-refractivity contribution is 0.438. The molecule has 0 aromatic heterocycles. The van der Waals surface area contributed by atoms with Crippen molar-refractivity contribution in [1.82, 2.24) is 0 Å². The van der Waals surface area contributed by atoms with Crippen molar-refractivity contribution < 1.29 is 9.31 Å². The zero-order valence-electron chi connectivity index (χ0n) is 56.5. The van der Waals surface area contributed by atoms with Gasteiger partial charge in [0.25, 0.3) is 0 Å². The van der Waals surface area contributed by atoms with Crippen LogP contribution in [0, 0.1) is 0 Å². The van der Waals surface area contributed by atoms with Crippen LogP contribution in [0.5, 0.6) is 11.5 Å². The largest absolute Gasteiger partial charge is 0.634 e. The van der Waals surface area contributed by atoms with E-state index in [4.69, 9.17) is 9.31 Å². The van der Waals surface area contributed by atoms with E-state index < -0.39 is 35.0 Å². The van der Waals surface area contributed by atoms with Crippen LogP contribution in [0.15, 0.2) is 334 Å². The van der Waals surface area contributed by atoms with Gasteiger partial charge in [0.15, 0.2) is 0 Å². The molecule has 15 aromatic rings. The van der Waals surface area contributed by atoms with Crippen LogP contribution in [-0.2, 0) is 0 Å². The van der Waals surface area contributed by atoms with Crippen molar-refractivity contribution in [3.8, 4) is 78.3 Å². The van der Waals surface area contributed by atoms with Crippen molar-refractivity contribution >= 4 is 153 Å². The molecule has 10 aliphatic heterocycles. The summed E-state index contributed by atoms with van der Waals surface area (Å²) in [5.41, 5.74) is 37.1. The summed E-state index contributed by atoms with van der Waals surface area (Å²) < 4.78 is 17.1. The average Bonchev–Trinajstić information content (AvgIpc) is 0.649. The van der Waals surface area contributed by atoms with Crippen molar-refractivity contribution in [2.45, 2.75) is 0 Å². The quantitative estimate of drug-likeness (QED) is 0.138. The first-order chi connectivity index (χ1) is 52.2. The third-order valence-corrected chi connectivity index (χ3v) is 23.8. The Balaban J connectivity index is 0.886. The third kappa shape index (κ3) is 7.10. The summed E-state index contributed by atoms with van der Waals surface area (Å²) in [5.74, 6) is 1.66. The van der Waals surface area contributed by atoms with Crippen molar-refractivity contribution in [2.24, 2.45) is 0 Å². The highest BCUT2D eigenvalue weighted by Crippen LogP contribution is 2.66.